The van der Waals surface area contributed by atoms with Gasteiger partial charge in [0.05, 0.1) is 31.1 Å². The Morgan fingerprint density at radius 2 is 1.53 bits per heavy atom. The van der Waals surface area contributed by atoms with Gasteiger partial charge in [0.25, 0.3) is 5.91 Å². The second-order valence-corrected chi connectivity index (χ2v) is 18.1. The van der Waals surface area contributed by atoms with Gasteiger partial charge in [0, 0.05) is 56.8 Å². The molecule has 0 aliphatic carbocycles. The molecule has 0 atom stereocenters. The lowest BCUT2D eigenvalue weighted by molar-refractivity contribution is -0.123. The normalized spacial score (nSPS) is 12.8. The maximum absolute atomic E-state index is 12.3. The molecule has 14 heteroatoms. The number of nitrogens with zero attached hydrogens (tertiary/aromatic N) is 7. The van der Waals surface area contributed by atoms with Gasteiger partial charge < -0.3 is 34.1 Å². The predicted molar refractivity (Wildman–Crippen MR) is 264 cm³/mol. The standard InChI is InChI=1S/C52H70N8O5S/c1-42-54-45(41-66-42)25-23-43-19-18-20-47(35-43)64-40-52(61)53-27-14-11-16-29-57(2)28-15-9-7-5-6-8-10-17-30-60-38-46(55-56-60)39-65-50-26-24-44(36-51(50)63-4)37-58-31-33-59(34-32-58)48-21-12-13-22-49(48)62-3/h12-13,18-22,24,26,35-36,38,41H,5-11,14-17,27-34,37,39-40H2,1-4H3,(H,53,61). The second-order valence-electron chi connectivity index (χ2n) is 17.0. The molecule has 2 aromatic heterocycles. The third-order valence-corrected chi connectivity index (χ3v) is 12.5. The van der Waals surface area contributed by atoms with Crippen LogP contribution in [0.4, 0.5) is 5.69 Å². The van der Waals surface area contributed by atoms with Gasteiger partial charge in [-0.2, -0.15) is 0 Å². The number of hydrogen-bond donors (Lipinski definition) is 1. The Morgan fingerprint density at radius 1 is 0.788 bits per heavy atom. The van der Waals surface area contributed by atoms with Crippen LogP contribution in [0.5, 0.6) is 23.0 Å². The molecule has 0 unspecified atom stereocenters. The number of amides is 1. The maximum atomic E-state index is 12.3. The first kappa shape index (κ1) is 49.8. The first-order valence-electron chi connectivity index (χ1n) is 23.8. The lowest BCUT2D eigenvalue weighted by Crippen LogP contribution is -2.46. The van der Waals surface area contributed by atoms with Crippen LogP contribution in [0.2, 0.25) is 0 Å². The molecule has 0 bridgehead atoms. The summed E-state index contributed by atoms with van der Waals surface area (Å²) >= 11 is 1.58. The fraction of sp³-hybridized carbons (Fsp3) is 0.500. The van der Waals surface area contributed by atoms with Gasteiger partial charge in [-0.1, -0.05) is 80.3 Å². The van der Waals surface area contributed by atoms with Crippen LogP contribution in [0.15, 0.2) is 78.3 Å². The van der Waals surface area contributed by atoms with Crippen molar-refractivity contribution in [1.82, 2.24) is 35.1 Å². The van der Waals surface area contributed by atoms with Crippen LogP contribution in [-0.4, -0.2) is 109 Å². The lowest BCUT2D eigenvalue weighted by atomic mass is 10.1. The predicted octanol–water partition coefficient (Wildman–Crippen LogP) is 8.78. The van der Waals surface area contributed by atoms with Gasteiger partial charge in [-0.25, -0.2) is 4.98 Å². The monoisotopic (exact) mass is 919 g/mol. The Labute approximate surface area is 396 Å². The summed E-state index contributed by atoms with van der Waals surface area (Å²) in [7, 11) is 5.64. The second kappa shape index (κ2) is 27.8. The molecule has 0 spiro atoms. The number of aromatic nitrogens is 4. The van der Waals surface area contributed by atoms with Crippen molar-refractivity contribution in [3.63, 3.8) is 0 Å². The minimum atomic E-state index is -0.104. The number of thiazole rings is 1. The largest absolute Gasteiger partial charge is 0.495 e. The number of piperazine rings is 1. The number of benzene rings is 3. The van der Waals surface area contributed by atoms with E-state index in [9.17, 15) is 4.79 Å². The maximum Gasteiger partial charge on any atom is 0.257 e. The molecular formula is C52H70N8O5S. The van der Waals surface area contributed by atoms with Crippen LogP contribution >= 0.6 is 11.3 Å². The molecule has 354 valence electrons. The van der Waals surface area contributed by atoms with E-state index in [0.29, 0.717) is 24.7 Å². The number of para-hydroxylation sites is 2. The fourth-order valence-electron chi connectivity index (χ4n) is 8.05. The summed E-state index contributed by atoms with van der Waals surface area (Å²) in [5.41, 5.74) is 4.77. The van der Waals surface area contributed by atoms with E-state index in [2.05, 4.69) is 78.5 Å². The minimum absolute atomic E-state index is 0.00492. The van der Waals surface area contributed by atoms with E-state index in [1.807, 2.05) is 65.6 Å². The quantitative estimate of drug-likeness (QED) is 0.0383. The van der Waals surface area contributed by atoms with Crippen LogP contribution in [0.3, 0.4) is 0 Å². The van der Waals surface area contributed by atoms with Gasteiger partial charge >= 0.3 is 0 Å². The summed E-state index contributed by atoms with van der Waals surface area (Å²) in [6, 6.07) is 21.9. The molecule has 0 radical (unpaired) electrons. The third kappa shape index (κ3) is 17.3. The summed E-state index contributed by atoms with van der Waals surface area (Å²) in [5.74, 6) is 9.08. The average molecular weight is 919 g/mol. The SMILES string of the molecule is COc1cc(CN2CCN(c3ccccc3OC)CC2)ccc1OCc1cn(CCCCCCCCCCN(C)CCCCCNC(=O)COc2cccc(C#Cc3csc(C)n3)c2)nn1. The van der Waals surface area contributed by atoms with E-state index in [0.717, 1.165) is 117 Å². The number of carbonyl (C=O) groups excluding carboxylic acids is 1. The molecule has 3 aromatic carbocycles. The zero-order valence-electron chi connectivity index (χ0n) is 39.6. The van der Waals surface area contributed by atoms with E-state index in [1.165, 1.54) is 50.5 Å². The number of nitrogens with one attached hydrogen (secondary N) is 1. The summed E-state index contributed by atoms with van der Waals surface area (Å²) < 4.78 is 25.1. The summed E-state index contributed by atoms with van der Waals surface area (Å²) in [6.07, 6.45) is 15.2. The van der Waals surface area contributed by atoms with Gasteiger partial charge in [0.2, 0.25) is 0 Å². The van der Waals surface area contributed by atoms with Crippen molar-refractivity contribution < 1.29 is 23.7 Å². The molecule has 0 saturated carbocycles. The third-order valence-electron chi connectivity index (χ3n) is 11.8. The fourth-order valence-corrected chi connectivity index (χ4v) is 8.60. The molecule has 13 nitrogen and oxygen atoms in total. The van der Waals surface area contributed by atoms with E-state index in [-0.39, 0.29) is 12.5 Å². The first-order valence-corrected chi connectivity index (χ1v) is 24.6. The minimum Gasteiger partial charge on any atom is -0.495 e. The van der Waals surface area contributed by atoms with Crippen molar-refractivity contribution in [1.29, 1.82) is 0 Å². The van der Waals surface area contributed by atoms with Crippen LogP contribution in [0.25, 0.3) is 0 Å². The van der Waals surface area contributed by atoms with E-state index >= 15 is 0 Å². The van der Waals surface area contributed by atoms with Crippen LogP contribution in [0.1, 0.15) is 98.2 Å². The van der Waals surface area contributed by atoms with Crippen molar-refractivity contribution in [2.24, 2.45) is 0 Å². The van der Waals surface area contributed by atoms with Gasteiger partial charge in [-0.3, -0.25) is 14.4 Å². The Hall–Kier alpha value is -5.62. The topological polar surface area (TPSA) is 119 Å². The summed E-state index contributed by atoms with van der Waals surface area (Å²) in [6.45, 7) is 10.8. The summed E-state index contributed by atoms with van der Waals surface area (Å²) in [5, 5.41) is 14.6. The van der Waals surface area contributed by atoms with Crippen LogP contribution < -0.4 is 29.2 Å². The Bertz CT molecular complexity index is 2260. The molecular weight excluding hydrogens is 849 g/mol. The molecule has 66 heavy (non-hydrogen) atoms. The van der Waals surface area contributed by atoms with Gasteiger partial charge in [-0.05, 0) is 107 Å². The first-order chi connectivity index (χ1) is 32.3. The zero-order chi connectivity index (χ0) is 46.2. The molecule has 1 fully saturated rings. The highest BCUT2D eigenvalue weighted by Crippen LogP contribution is 2.31. The zero-order valence-corrected chi connectivity index (χ0v) is 40.5. The number of methoxy groups -OCH3 is 2. The van der Waals surface area contributed by atoms with Crippen LogP contribution in [0, 0.1) is 18.8 Å². The van der Waals surface area contributed by atoms with E-state index < -0.39 is 0 Å². The molecule has 6 rings (SSSR count). The Kier molecular flexibility index (Phi) is 21.0. The number of ether oxygens (including phenoxy) is 4. The Balaban J connectivity index is 0.725. The molecule has 3 heterocycles. The van der Waals surface area contributed by atoms with Gasteiger partial charge in [-0.15, -0.1) is 16.4 Å². The lowest BCUT2D eigenvalue weighted by Gasteiger charge is -2.36. The van der Waals surface area contributed by atoms with Gasteiger partial charge in [0.1, 0.15) is 29.5 Å². The molecule has 1 N–H and O–H groups in total. The molecule has 1 aliphatic heterocycles. The molecule has 1 saturated heterocycles. The van der Waals surface area contributed by atoms with Crippen molar-refractivity contribution >= 4 is 22.9 Å². The number of rotatable bonds is 28. The summed E-state index contributed by atoms with van der Waals surface area (Å²) in [4.78, 5) is 24.0. The average Bonchev–Trinajstić information content (AvgIpc) is 3.99. The van der Waals surface area contributed by atoms with Crippen molar-refractivity contribution in [2.75, 3.05) is 78.6 Å². The smallest absolute Gasteiger partial charge is 0.257 e. The van der Waals surface area contributed by atoms with Gasteiger partial charge in [0.15, 0.2) is 18.1 Å². The van der Waals surface area contributed by atoms with E-state index in [4.69, 9.17) is 18.9 Å². The number of aryl methyl sites for hydroxylation is 2. The van der Waals surface area contributed by atoms with E-state index in [1.54, 1.807) is 25.6 Å². The molecule has 5 aromatic rings. The van der Waals surface area contributed by atoms with Crippen molar-refractivity contribution in [2.45, 2.75) is 97.2 Å². The number of carbonyl (C=O) groups is 1. The highest BCUT2D eigenvalue weighted by Gasteiger charge is 2.20. The highest BCUT2D eigenvalue weighted by molar-refractivity contribution is 7.09. The number of unbranched alkanes of at least 4 members (excludes halogenated alkanes) is 9. The van der Waals surface area contributed by atoms with Crippen LogP contribution in [-0.2, 0) is 24.5 Å². The molecule has 1 aliphatic rings. The Morgan fingerprint density at radius 3 is 2.29 bits per heavy atom. The number of anilines is 1. The molecule has 1 amide bonds. The van der Waals surface area contributed by atoms with Crippen molar-refractivity contribution in [3.8, 4) is 34.8 Å². The van der Waals surface area contributed by atoms with Crippen molar-refractivity contribution in [3.05, 3.63) is 106 Å². The number of hydrogen-bond acceptors (Lipinski definition) is 12. The highest BCUT2D eigenvalue weighted by atomic mass is 32.1.